The van der Waals surface area contributed by atoms with E-state index in [4.69, 9.17) is 16.3 Å². The van der Waals surface area contributed by atoms with Gasteiger partial charge in [-0.3, -0.25) is 9.69 Å². The van der Waals surface area contributed by atoms with Crippen LogP contribution in [0, 0.1) is 5.92 Å². The van der Waals surface area contributed by atoms with E-state index in [9.17, 15) is 4.79 Å². The average molecular weight is 359 g/mol. The molecule has 1 aliphatic heterocycles. The molecule has 1 aliphatic rings. The molecule has 2 heterocycles. The Kier molecular flexibility index (Phi) is 6.05. The fraction of sp³-hybridized carbons (Fsp3) is 0.400. The number of ketones is 1. The van der Waals surface area contributed by atoms with Crippen molar-refractivity contribution >= 4 is 17.4 Å². The topological polar surface area (TPSA) is 42.4 Å². The Morgan fingerprint density at radius 2 is 2.00 bits per heavy atom. The SMILES string of the molecule is COc1ncccc1CN1CCC(CC(=O)c2ccccc2Cl)CC1. The molecular formula is C20H23ClN2O2. The highest BCUT2D eigenvalue weighted by Gasteiger charge is 2.23. The molecule has 2 aromatic rings. The zero-order valence-corrected chi connectivity index (χ0v) is 15.2. The summed E-state index contributed by atoms with van der Waals surface area (Å²) in [6.45, 7) is 2.80. The second kappa shape index (κ2) is 8.45. The van der Waals surface area contributed by atoms with Gasteiger partial charge < -0.3 is 4.74 Å². The lowest BCUT2D eigenvalue weighted by molar-refractivity contribution is 0.0924. The van der Waals surface area contributed by atoms with Crippen molar-refractivity contribution in [2.75, 3.05) is 20.2 Å². The van der Waals surface area contributed by atoms with Gasteiger partial charge in [0.15, 0.2) is 5.78 Å². The third kappa shape index (κ3) is 4.59. The number of piperidine rings is 1. The van der Waals surface area contributed by atoms with Crippen LogP contribution in [0.2, 0.25) is 5.02 Å². The van der Waals surface area contributed by atoms with E-state index < -0.39 is 0 Å². The molecule has 5 heteroatoms. The fourth-order valence-electron chi connectivity index (χ4n) is 3.38. The van der Waals surface area contributed by atoms with Gasteiger partial charge in [0.05, 0.1) is 12.1 Å². The van der Waals surface area contributed by atoms with Crippen LogP contribution < -0.4 is 4.74 Å². The van der Waals surface area contributed by atoms with Crippen LogP contribution in [0.3, 0.4) is 0 Å². The van der Waals surface area contributed by atoms with E-state index in [1.807, 2.05) is 24.3 Å². The number of hydrogen-bond donors (Lipinski definition) is 0. The Hall–Kier alpha value is -1.91. The first-order valence-electron chi connectivity index (χ1n) is 8.65. The molecule has 0 bridgehead atoms. The second-order valence-corrected chi connectivity index (χ2v) is 6.91. The van der Waals surface area contributed by atoms with E-state index in [0.29, 0.717) is 28.8 Å². The summed E-state index contributed by atoms with van der Waals surface area (Å²) in [7, 11) is 1.65. The summed E-state index contributed by atoms with van der Waals surface area (Å²) < 4.78 is 5.33. The Morgan fingerprint density at radius 1 is 1.24 bits per heavy atom. The van der Waals surface area contributed by atoms with Crippen LogP contribution in [0.4, 0.5) is 0 Å². The van der Waals surface area contributed by atoms with Gasteiger partial charge in [0.25, 0.3) is 0 Å². The second-order valence-electron chi connectivity index (χ2n) is 6.50. The van der Waals surface area contributed by atoms with Crippen LogP contribution in [0.25, 0.3) is 0 Å². The summed E-state index contributed by atoms with van der Waals surface area (Å²) >= 11 is 6.13. The summed E-state index contributed by atoms with van der Waals surface area (Å²) in [5.74, 6) is 1.27. The average Bonchev–Trinajstić information content (AvgIpc) is 2.64. The summed E-state index contributed by atoms with van der Waals surface area (Å²) in [4.78, 5) is 19.1. The Labute approximate surface area is 153 Å². The highest BCUT2D eigenvalue weighted by molar-refractivity contribution is 6.33. The van der Waals surface area contributed by atoms with Crippen LogP contribution in [0.15, 0.2) is 42.6 Å². The molecule has 0 spiro atoms. The summed E-state index contributed by atoms with van der Waals surface area (Å²) in [6, 6.07) is 11.3. The molecule has 0 radical (unpaired) electrons. The van der Waals surface area contributed by atoms with Gasteiger partial charge in [0.2, 0.25) is 5.88 Å². The normalized spacial score (nSPS) is 15.9. The van der Waals surface area contributed by atoms with Crippen molar-refractivity contribution in [3.63, 3.8) is 0 Å². The molecule has 3 rings (SSSR count). The van der Waals surface area contributed by atoms with Crippen LogP contribution >= 0.6 is 11.6 Å². The van der Waals surface area contributed by atoms with Gasteiger partial charge >= 0.3 is 0 Å². The van der Waals surface area contributed by atoms with Crippen molar-refractivity contribution in [1.82, 2.24) is 9.88 Å². The maximum atomic E-state index is 12.5. The minimum Gasteiger partial charge on any atom is -0.481 e. The Balaban J connectivity index is 1.52. The number of ether oxygens (including phenoxy) is 1. The van der Waals surface area contributed by atoms with Gasteiger partial charge in [0.1, 0.15) is 0 Å². The Morgan fingerprint density at radius 3 is 2.72 bits per heavy atom. The van der Waals surface area contributed by atoms with Crippen molar-refractivity contribution in [1.29, 1.82) is 0 Å². The molecule has 1 saturated heterocycles. The number of halogens is 1. The Bertz CT molecular complexity index is 727. The van der Waals surface area contributed by atoms with Crippen LogP contribution in [0.1, 0.15) is 35.2 Å². The van der Waals surface area contributed by atoms with Crippen LogP contribution in [0.5, 0.6) is 5.88 Å². The predicted molar refractivity (Wildman–Crippen MR) is 99.2 cm³/mol. The lowest BCUT2D eigenvalue weighted by Crippen LogP contribution is -2.34. The van der Waals surface area contributed by atoms with E-state index in [1.165, 1.54) is 0 Å². The zero-order valence-electron chi connectivity index (χ0n) is 14.5. The van der Waals surface area contributed by atoms with Gasteiger partial charge in [-0.05, 0) is 50.0 Å². The van der Waals surface area contributed by atoms with E-state index in [0.717, 1.165) is 38.0 Å². The van der Waals surface area contributed by atoms with Crippen molar-refractivity contribution in [3.05, 3.63) is 58.7 Å². The quantitative estimate of drug-likeness (QED) is 0.725. The molecule has 0 aliphatic carbocycles. The fourth-order valence-corrected chi connectivity index (χ4v) is 3.62. The molecule has 4 nitrogen and oxygen atoms in total. The van der Waals surface area contributed by atoms with Crippen molar-refractivity contribution in [2.45, 2.75) is 25.8 Å². The first kappa shape index (κ1) is 17.9. The maximum Gasteiger partial charge on any atom is 0.217 e. The van der Waals surface area contributed by atoms with Gasteiger partial charge in [0, 0.05) is 30.3 Å². The first-order chi connectivity index (χ1) is 12.2. The summed E-state index contributed by atoms with van der Waals surface area (Å²) in [5, 5.41) is 0.550. The molecule has 0 amide bonds. The van der Waals surface area contributed by atoms with E-state index in [2.05, 4.69) is 16.0 Å². The monoisotopic (exact) mass is 358 g/mol. The number of nitrogens with zero attached hydrogens (tertiary/aromatic N) is 2. The maximum absolute atomic E-state index is 12.5. The molecule has 1 fully saturated rings. The van der Waals surface area contributed by atoms with Gasteiger partial charge in [-0.2, -0.15) is 0 Å². The highest BCUT2D eigenvalue weighted by atomic mass is 35.5. The van der Waals surface area contributed by atoms with Gasteiger partial charge in [-0.15, -0.1) is 0 Å². The number of carbonyl (C=O) groups is 1. The van der Waals surface area contributed by atoms with Crippen molar-refractivity contribution < 1.29 is 9.53 Å². The predicted octanol–water partition coefficient (Wildman–Crippen LogP) is 4.23. The van der Waals surface area contributed by atoms with E-state index in [1.54, 1.807) is 19.4 Å². The third-order valence-corrected chi connectivity index (χ3v) is 5.12. The molecule has 0 saturated carbocycles. The molecule has 0 unspecified atom stereocenters. The van der Waals surface area contributed by atoms with E-state index in [-0.39, 0.29) is 5.78 Å². The molecule has 25 heavy (non-hydrogen) atoms. The number of benzene rings is 1. The van der Waals surface area contributed by atoms with Gasteiger partial charge in [-0.1, -0.05) is 29.8 Å². The smallest absolute Gasteiger partial charge is 0.217 e. The molecule has 0 atom stereocenters. The standard InChI is InChI=1S/C20H23ClN2O2/c1-25-20-16(5-4-10-22-20)14-23-11-8-15(9-12-23)13-19(24)17-6-2-3-7-18(17)21/h2-7,10,15H,8-9,11-14H2,1H3. The molecular weight excluding hydrogens is 336 g/mol. The third-order valence-electron chi connectivity index (χ3n) is 4.79. The number of Topliss-reactive ketones (excluding diaryl/α,β-unsaturated/α-hetero) is 1. The minimum atomic E-state index is 0.151. The first-order valence-corrected chi connectivity index (χ1v) is 9.03. The molecule has 132 valence electrons. The number of aromatic nitrogens is 1. The minimum absolute atomic E-state index is 0.151. The number of pyridine rings is 1. The van der Waals surface area contributed by atoms with Crippen molar-refractivity contribution in [3.8, 4) is 5.88 Å². The van der Waals surface area contributed by atoms with Crippen LogP contribution in [-0.2, 0) is 6.54 Å². The number of hydrogen-bond acceptors (Lipinski definition) is 4. The van der Waals surface area contributed by atoms with Gasteiger partial charge in [-0.25, -0.2) is 4.98 Å². The number of rotatable bonds is 6. The zero-order chi connectivity index (χ0) is 17.6. The largest absolute Gasteiger partial charge is 0.481 e. The number of carbonyl (C=O) groups excluding carboxylic acids is 1. The van der Waals surface area contributed by atoms with Crippen LogP contribution in [-0.4, -0.2) is 35.9 Å². The van der Waals surface area contributed by atoms with Crippen molar-refractivity contribution in [2.24, 2.45) is 5.92 Å². The lowest BCUT2D eigenvalue weighted by Gasteiger charge is -2.31. The number of likely N-dealkylation sites (tertiary alicyclic amines) is 1. The van der Waals surface area contributed by atoms with E-state index >= 15 is 0 Å². The molecule has 1 aromatic carbocycles. The molecule has 1 aromatic heterocycles. The summed E-state index contributed by atoms with van der Waals surface area (Å²) in [5.41, 5.74) is 1.75. The molecule has 0 N–H and O–H groups in total. The number of methoxy groups -OCH3 is 1. The highest BCUT2D eigenvalue weighted by Crippen LogP contribution is 2.26. The summed E-state index contributed by atoms with van der Waals surface area (Å²) in [6.07, 6.45) is 4.38. The lowest BCUT2D eigenvalue weighted by atomic mass is 9.89.